The third-order valence-electron chi connectivity index (χ3n) is 3.94. The third-order valence-corrected chi connectivity index (χ3v) is 3.94. The highest BCUT2D eigenvalue weighted by atomic mass is 16.1. The molecule has 3 nitrogen and oxygen atoms in total. The maximum absolute atomic E-state index is 12.5. The van der Waals surface area contributed by atoms with Crippen molar-refractivity contribution in [1.82, 2.24) is 10.3 Å². The molecule has 0 aromatic carbocycles. The van der Waals surface area contributed by atoms with Gasteiger partial charge in [-0.1, -0.05) is 19.9 Å². The van der Waals surface area contributed by atoms with Gasteiger partial charge in [0.2, 0.25) is 0 Å². The molecule has 3 heteroatoms. The number of hydrogen-bond donors (Lipinski definition) is 1. The van der Waals surface area contributed by atoms with Gasteiger partial charge in [0.05, 0.1) is 0 Å². The molecule has 1 atom stereocenters. The average Bonchev–Trinajstić information content (AvgIpc) is 2.80. The number of rotatable bonds is 4. The highest BCUT2D eigenvalue weighted by molar-refractivity contribution is 5.87. The summed E-state index contributed by atoms with van der Waals surface area (Å²) in [5.41, 5.74) is 0.847. The van der Waals surface area contributed by atoms with Gasteiger partial charge in [-0.2, -0.15) is 0 Å². The molecule has 1 N–H and O–H groups in total. The standard InChI is InChI=1S/C14H20N2O/c1-11(2)14(5-7-16-10-14)13(17)8-12-4-3-6-15-9-12/h3-4,6,9,11,16H,5,7-8,10H2,1-2H3. The molecule has 1 aliphatic rings. The molecule has 0 radical (unpaired) electrons. The van der Waals surface area contributed by atoms with Gasteiger partial charge in [0.25, 0.3) is 0 Å². The van der Waals surface area contributed by atoms with Crippen LogP contribution in [0.1, 0.15) is 25.8 Å². The topological polar surface area (TPSA) is 42.0 Å². The Hall–Kier alpha value is -1.22. The SMILES string of the molecule is CC(C)C1(C(=O)Cc2cccnc2)CCNC1. The molecule has 17 heavy (non-hydrogen) atoms. The first-order chi connectivity index (χ1) is 8.15. The van der Waals surface area contributed by atoms with Crippen molar-refractivity contribution in [2.75, 3.05) is 13.1 Å². The van der Waals surface area contributed by atoms with Gasteiger partial charge >= 0.3 is 0 Å². The molecule has 0 bridgehead atoms. The number of Topliss-reactive ketones (excluding diaryl/α,β-unsaturated/α-hetero) is 1. The Balaban J connectivity index is 2.13. The molecule has 1 aromatic heterocycles. The summed E-state index contributed by atoms with van der Waals surface area (Å²) >= 11 is 0. The fourth-order valence-electron chi connectivity index (χ4n) is 2.63. The van der Waals surface area contributed by atoms with E-state index in [4.69, 9.17) is 0 Å². The average molecular weight is 232 g/mol. The molecule has 0 amide bonds. The number of pyridine rings is 1. The second-order valence-electron chi connectivity index (χ2n) is 5.20. The fraction of sp³-hybridized carbons (Fsp3) is 0.571. The largest absolute Gasteiger partial charge is 0.316 e. The number of ketones is 1. The van der Waals surface area contributed by atoms with Crippen LogP contribution in [0.3, 0.4) is 0 Å². The zero-order valence-corrected chi connectivity index (χ0v) is 10.6. The number of aromatic nitrogens is 1. The van der Waals surface area contributed by atoms with Crippen LogP contribution < -0.4 is 5.32 Å². The molecule has 1 aromatic rings. The summed E-state index contributed by atoms with van der Waals surface area (Å²) < 4.78 is 0. The molecule has 2 rings (SSSR count). The molecular weight excluding hydrogens is 212 g/mol. The summed E-state index contributed by atoms with van der Waals surface area (Å²) in [5.74, 6) is 0.743. The molecule has 2 heterocycles. The van der Waals surface area contributed by atoms with Crippen molar-refractivity contribution in [1.29, 1.82) is 0 Å². The smallest absolute Gasteiger partial charge is 0.145 e. The summed E-state index contributed by atoms with van der Waals surface area (Å²) in [7, 11) is 0. The minimum Gasteiger partial charge on any atom is -0.316 e. The molecule has 1 unspecified atom stereocenters. The van der Waals surface area contributed by atoms with Gasteiger partial charge in [0.15, 0.2) is 0 Å². The van der Waals surface area contributed by atoms with Crippen LogP contribution in [-0.4, -0.2) is 23.9 Å². The second-order valence-corrected chi connectivity index (χ2v) is 5.20. The molecular formula is C14H20N2O. The minimum atomic E-state index is -0.171. The van der Waals surface area contributed by atoms with Crippen LogP contribution in [0.5, 0.6) is 0 Å². The molecule has 1 fully saturated rings. The van der Waals surface area contributed by atoms with Crippen molar-refractivity contribution in [2.45, 2.75) is 26.7 Å². The van der Waals surface area contributed by atoms with Crippen molar-refractivity contribution in [3.63, 3.8) is 0 Å². The van der Waals surface area contributed by atoms with Crippen molar-refractivity contribution >= 4 is 5.78 Å². The quantitative estimate of drug-likeness (QED) is 0.861. The predicted molar refractivity (Wildman–Crippen MR) is 67.7 cm³/mol. The summed E-state index contributed by atoms with van der Waals surface area (Å²) in [6, 6.07) is 3.86. The van der Waals surface area contributed by atoms with E-state index in [1.807, 2.05) is 12.1 Å². The highest BCUT2D eigenvalue weighted by Gasteiger charge is 2.42. The van der Waals surface area contributed by atoms with E-state index in [1.54, 1.807) is 12.4 Å². The lowest BCUT2D eigenvalue weighted by Gasteiger charge is -2.31. The predicted octanol–water partition coefficient (Wildman–Crippen LogP) is 1.83. The van der Waals surface area contributed by atoms with E-state index in [0.717, 1.165) is 25.1 Å². The molecule has 0 spiro atoms. The number of nitrogens with zero attached hydrogens (tertiary/aromatic N) is 1. The lowest BCUT2D eigenvalue weighted by Crippen LogP contribution is -2.39. The van der Waals surface area contributed by atoms with Gasteiger partial charge in [0, 0.05) is 30.8 Å². The molecule has 0 aliphatic carbocycles. The number of carbonyl (C=O) groups excluding carboxylic acids is 1. The number of hydrogen-bond acceptors (Lipinski definition) is 3. The summed E-state index contributed by atoms with van der Waals surface area (Å²) in [5, 5.41) is 3.32. The molecule has 0 saturated carbocycles. The Morgan fingerprint density at radius 3 is 2.94 bits per heavy atom. The van der Waals surface area contributed by atoms with Crippen molar-refractivity contribution in [3.8, 4) is 0 Å². The first-order valence-electron chi connectivity index (χ1n) is 6.28. The maximum atomic E-state index is 12.5. The highest BCUT2D eigenvalue weighted by Crippen LogP contribution is 2.36. The van der Waals surface area contributed by atoms with Gasteiger partial charge in [-0.25, -0.2) is 0 Å². The van der Waals surface area contributed by atoms with E-state index >= 15 is 0 Å². The zero-order valence-electron chi connectivity index (χ0n) is 10.6. The Morgan fingerprint density at radius 1 is 1.59 bits per heavy atom. The molecule has 92 valence electrons. The van der Waals surface area contributed by atoms with E-state index in [2.05, 4.69) is 24.1 Å². The van der Waals surface area contributed by atoms with Crippen LogP contribution in [-0.2, 0) is 11.2 Å². The van der Waals surface area contributed by atoms with Crippen LogP contribution in [0.4, 0.5) is 0 Å². The third kappa shape index (κ3) is 2.39. The number of nitrogens with one attached hydrogen (secondary N) is 1. The Morgan fingerprint density at radius 2 is 2.41 bits per heavy atom. The van der Waals surface area contributed by atoms with Crippen molar-refractivity contribution < 1.29 is 4.79 Å². The van der Waals surface area contributed by atoms with E-state index < -0.39 is 0 Å². The van der Waals surface area contributed by atoms with Crippen LogP contribution in [0.2, 0.25) is 0 Å². The Labute approximate surface area is 103 Å². The minimum absolute atomic E-state index is 0.171. The van der Waals surface area contributed by atoms with Gasteiger partial charge in [-0.3, -0.25) is 9.78 Å². The monoisotopic (exact) mass is 232 g/mol. The van der Waals surface area contributed by atoms with Crippen molar-refractivity contribution in [3.05, 3.63) is 30.1 Å². The number of carbonyl (C=O) groups is 1. The first-order valence-corrected chi connectivity index (χ1v) is 6.28. The van der Waals surface area contributed by atoms with E-state index in [9.17, 15) is 4.79 Å². The van der Waals surface area contributed by atoms with Crippen LogP contribution in [0.25, 0.3) is 0 Å². The summed E-state index contributed by atoms with van der Waals surface area (Å²) in [6.07, 6.45) is 5.00. The fourth-order valence-corrected chi connectivity index (χ4v) is 2.63. The lowest BCUT2D eigenvalue weighted by molar-refractivity contribution is -0.129. The first kappa shape index (κ1) is 12.2. The zero-order chi connectivity index (χ0) is 12.3. The van der Waals surface area contributed by atoms with Gasteiger partial charge < -0.3 is 5.32 Å². The van der Waals surface area contributed by atoms with E-state index in [0.29, 0.717) is 18.1 Å². The van der Waals surface area contributed by atoms with Gasteiger partial charge in [-0.05, 0) is 30.5 Å². The summed E-state index contributed by atoms with van der Waals surface area (Å²) in [6.45, 7) is 6.07. The van der Waals surface area contributed by atoms with E-state index in [-0.39, 0.29) is 5.41 Å². The normalized spacial score (nSPS) is 24.2. The second kappa shape index (κ2) is 4.96. The Bertz CT molecular complexity index is 380. The summed E-state index contributed by atoms with van der Waals surface area (Å²) in [4.78, 5) is 16.6. The van der Waals surface area contributed by atoms with Crippen LogP contribution in [0.15, 0.2) is 24.5 Å². The van der Waals surface area contributed by atoms with Crippen LogP contribution >= 0.6 is 0 Å². The van der Waals surface area contributed by atoms with Gasteiger partial charge in [0.1, 0.15) is 5.78 Å². The maximum Gasteiger partial charge on any atom is 0.145 e. The van der Waals surface area contributed by atoms with E-state index in [1.165, 1.54) is 0 Å². The Kier molecular flexibility index (Phi) is 3.57. The van der Waals surface area contributed by atoms with Crippen molar-refractivity contribution in [2.24, 2.45) is 11.3 Å². The lowest BCUT2D eigenvalue weighted by atomic mass is 9.71. The van der Waals surface area contributed by atoms with Crippen LogP contribution in [0, 0.1) is 11.3 Å². The molecule has 1 saturated heterocycles. The molecule has 1 aliphatic heterocycles. The van der Waals surface area contributed by atoms with Gasteiger partial charge in [-0.15, -0.1) is 0 Å².